The first-order valence-electron chi connectivity index (χ1n) is 7.53. The Hall–Kier alpha value is -2.00. The summed E-state index contributed by atoms with van der Waals surface area (Å²) in [6, 6.07) is 14.6. The number of nitrogens with zero attached hydrogens (tertiary/aromatic N) is 3. The largest absolute Gasteiger partial charge is 0.287 e. The van der Waals surface area contributed by atoms with Gasteiger partial charge in [0.2, 0.25) is 0 Å². The number of para-hydroxylation sites is 1. The topological polar surface area (TPSA) is 58.7 Å². The summed E-state index contributed by atoms with van der Waals surface area (Å²) in [5, 5.41) is 11.1. The van der Waals surface area contributed by atoms with E-state index in [-0.39, 0.29) is 11.3 Å². The Labute approximate surface area is 159 Å². The van der Waals surface area contributed by atoms with Gasteiger partial charge in [-0.3, -0.25) is 9.36 Å². The van der Waals surface area contributed by atoms with Crippen LogP contribution in [0.3, 0.4) is 0 Å². The minimum absolute atomic E-state index is 0.115. The third kappa shape index (κ3) is 3.98. The first-order chi connectivity index (χ1) is 12.1. The average molecular weight is 390 g/mol. The molecule has 0 spiro atoms. The summed E-state index contributed by atoms with van der Waals surface area (Å²) >= 11 is 13.4. The van der Waals surface area contributed by atoms with Gasteiger partial charge in [-0.05, 0) is 36.2 Å². The lowest BCUT2D eigenvalue weighted by Crippen LogP contribution is -2.24. The van der Waals surface area contributed by atoms with Crippen LogP contribution in [-0.2, 0) is 13.0 Å². The molecule has 0 amide bonds. The van der Waals surface area contributed by atoms with Gasteiger partial charge in [0.25, 0.3) is 5.56 Å². The summed E-state index contributed by atoms with van der Waals surface area (Å²) in [5.74, 6) is 0.229. The summed E-state index contributed by atoms with van der Waals surface area (Å²) in [7, 11) is 0. The van der Waals surface area contributed by atoms with E-state index in [1.54, 1.807) is 28.8 Å². The molecule has 0 aliphatic rings. The van der Waals surface area contributed by atoms with Crippen molar-refractivity contribution in [1.82, 2.24) is 9.55 Å². The standard InChI is InChI=1S/C18H13Cl2N3OS/c19-13-6-5-12(15(20)11-13)7-9-23-17(24)14-3-1-2-4-16(14)22-18(23)25-10-8-21/h1-6,11H,7,9-10H2. The molecule has 0 unspecified atom stereocenters. The van der Waals surface area contributed by atoms with Crippen molar-refractivity contribution in [3.63, 3.8) is 0 Å². The molecule has 0 fully saturated rings. The minimum Gasteiger partial charge on any atom is -0.287 e. The minimum atomic E-state index is -0.115. The van der Waals surface area contributed by atoms with Gasteiger partial charge in [-0.2, -0.15) is 5.26 Å². The van der Waals surface area contributed by atoms with Crippen LogP contribution in [0, 0.1) is 11.3 Å². The van der Waals surface area contributed by atoms with Gasteiger partial charge in [0, 0.05) is 16.6 Å². The van der Waals surface area contributed by atoms with Crippen LogP contribution in [-0.4, -0.2) is 15.3 Å². The number of rotatable bonds is 5. The number of fused-ring (bicyclic) bond motifs is 1. The van der Waals surface area contributed by atoms with Gasteiger partial charge in [0.05, 0.1) is 22.7 Å². The zero-order chi connectivity index (χ0) is 17.8. The normalized spacial score (nSPS) is 10.8. The average Bonchev–Trinajstić information content (AvgIpc) is 2.61. The van der Waals surface area contributed by atoms with Crippen LogP contribution < -0.4 is 5.56 Å². The Bertz CT molecular complexity index is 1030. The molecule has 0 aliphatic carbocycles. The number of nitriles is 1. The van der Waals surface area contributed by atoms with Crippen LogP contribution in [0.25, 0.3) is 10.9 Å². The maximum Gasteiger partial charge on any atom is 0.262 e. The predicted molar refractivity (Wildman–Crippen MR) is 103 cm³/mol. The van der Waals surface area contributed by atoms with Crippen LogP contribution >= 0.6 is 35.0 Å². The molecule has 25 heavy (non-hydrogen) atoms. The second-order valence-electron chi connectivity index (χ2n) is 5.30. The Kier molecular flexibility index (Phi) is 5.64. The third-order valence-corrected chi connectivity index (χ3v) is 5.14. The van der Waals surface area contributed by atoms with Gasteiger partial charge < -0.3 is 0 Å². The van der Waals surface area contributed by atoms with E-state index in [0.717, 1.165) is 5.56 Å². The summed E-state index contributed by atoms with van der Waals surface area (Å²) in [5.41, 5.74) is 1.42. The van der Waals surface area contributed by atoms with Gasteiger partial charge in [-0.1, -0.05) is 53.2 Å². The van der Waals surface area contributed by atoms with Crippen LogP contribution in [0.4, 0.5) is 0 Å². The molecule has 126 valence electrons. The van der Waals surface area contributed by atoms with Gasteiger partial charge >= 0.3 is 0 Å². The second kappa shape index (κ2) is 7.92. The van der Waals surface area contributed by atoms with Crippen LogP contribution in [0.15, 0.2) is 52.4 Å². The van der Waals surface area contributed by atoms with Crippen molar-refractivity contribution in [3.05, 3.63) is 68.4 Å². The zero-order valence-electron chi connectivity index (χ0n) is 13.1. The van der Waals surface area contributed by atoms with E-state index < -0.39 is 0 Å². The summed E-state index contributed by atoms with van der Waals surface area (Å²) in [6.45, 7) is 0.422. The Morgan fingerprint density at radius 3 is 2.76 bits per heavy atom. The van der Waals surface area contributed by atoms with Crippen molar-refractivity contribution in [2.24, 2.45) is 0 Å². The highest BCUT2D eigenvalue weighted by molar-refractivity contribution is 7.99. The highest BCUT2D eigenvalue weighted by atomic mass is 35.5. The fraction of sp³-hybridized carbons (Fsp3) is 0.167. The summed E-state index contributed by atoms with van der Waals surface area (Å²) in [4.78, 5) is 17.4. The smallest absolute Gasteiger partial charge is 0.262 e. The fourth-order valence-electron chi connectivity index (χ4n) is 2.51. The quantitative estimate of drug-likeness (QED) is 0.473. The summed E-state index contributed by atoms with van der Waals surface area (Å²) in [6.07, 6.45) is 0.566. The number of hydrogen-bond acceptors (Lipinski definition) is 4. The van der Waals surface area contributed by atoms with Crippen LogP contribution in [0.1, 0.15) is 5.56 Å². The van der Waals surface area contributed by atoms with Crippen molar-refractivity contribution in [1.29, 1.82) is 5.26 Å². The molecule has 0 N–H and O–H groups in total. The van der Waals surface area contributed by atoms with Gasteiger partial charge in [0.1, 0.15) is 0 Å². The molecule has 2 aromatic carbocycles. The number of thioether (sulfide) groups is 1. The molecule has 0 saturated carbocycles. The van der Waals surface area contributed by atoms with Gasteiger partial charge in [-0.25, -0.2) is 4.98 Å². The van der Waals surface area contributed by atoms with E-state index in [1.165, 1.54) is 11.8 Å². The first kappa shape index (κ1) is 17.8. The van der Waals surface area contributed by atoms with E-state index in [1.807, 2.05) is 18.2 Å². The maximum atomic E-state index is 12.8. The number of aryl methyl sites for hydroxylation is 1. The van der Waals surface area contributed by atoms with E-state index >= 15 is 0 Å². The fourth-order valence-corrected chi connectivity index (χ4v) is 3.70. The molecule has 0 bridgehead atoms. The number of halogens is 2. The van der Waals surface area contributed by atoms with Crippen molar-refractivity contribution < 1.29 is 0 Å². The number of benzene rings is 2. The lowest BCUT2D eigenvalue weighted by molar-refractivity contribution is 0.596. The highest BCUT2D eigenvalue weighted by Crippen LogP contribution is 2.23. The van der Waals surface area contributed by atoms with E-state index in [2.05, 4.69) is 11.1 Å². The lowest BCUT2D eigenvalue weighted by Gasteiger charge is -2.13. The first-order valence-corrected chi connectivity index (χ1v) is 9.27. The molecule has 3 aromatic rings. The molecule has 0 radical (unpaired) electrons. The molecular formula is C18H13Cl2N3OS. The molecular weight excluding hydrogens is 377 g/mol. The molecule has 1 aromatic heterocycles. The van der Waals surface area contributed by atoms with Crippen molar-refractivity contribution in [2.75, 3.05) is 5.75 Å². The van der Waals surface area contributed by atoms with Crippen LogP contribution in [0.5, 0.6) is 0 Å². The second-order valence-corrected chi connectivity index (χ2v) is 7.09. The molecule has 4 nitrogen and oxygen atoms in total. The highest BCUT2D eigenvalue weighted by Gasteiger charge is 2.12. The van der Waals surface area contributed by atoms with E-state index in [0.29, 0.717) is 39.1 Å². The van der Waals surface area contributed by atoms with Crippen molar-refractivity contribution in [2.45, 2.75) is 18.1 Å². The number of hydrogen-bond donors (Lipinski definition) is 0. The maximum absolute atomic E-state index is 12.8. The van der Waals surface area contributed by atoms with Crippen molar-refractivity contribution in [3.8, 4) is 6.07 Å². The summed E-state index contributed by atoms with van der Waals surface area (Å²) < 4.78 is 1.61. The number of aromatic nitrogens is 2. The Morgan fingerprint density at radius 1 is 1.20 bits per heavy atom. The molecule has 0 atom stereocenters. The van der Waals surface area contributed by atoms with Gasteiger partial charge in [-0.15, -0.1) is 0 Å². The lowest BCUT2D eigenvalue weighted by atomic mass is 10.1. The Morgan fingerprint density at radius 2 is 2.00 bits per heavy atom. The molecule has 0 aliphatic heterocycles. The Balaban J connectivity index is 1.99. The van der Waals surface area contributed by atoms with Gasteiger partial charge in [0.15, 0.2) is 5.16 Å². The molecule has 7 heteroatoms. The predicted octanol–water partition coefficient (Wildman–Crippen LogP) is 4.56. The monoisotopic (exact) mass is 389 g/mol. The van der Waals surface area contributed by atoms with E-state index in [4.69, 9.17) is 28.5 Å². The molecule has 0 saturated heterocycles. The zero-order valence-corrected chi connectivity index (χ0v) is 15.4. The molecule has 3 rings (SSSR count). The molecule has 1 heterocycles. The van der Waals surface area contributed by atoms with Crippen molar-refractivity contribution >= 4 is 45.9 Å². The van der Waals surface area contributed by atoms with Crippen LogP contribution in [0.2, 0.25) is 10.0 Å². The SMILES string of the molecule is N#CCSc1nc2ccccc2c(=O)n1CCc1ccc(Cl)cc1Cl. The van der Waals surface area contributed by atoms with E-state index in [9.17, 15) is 4.79 Å². The third-order valence-electron chi connectivity index (χ3n) is 3.71.